The standard InChI is InChI=1S/C13H8BrClN2O3/c14-10-2-1-7(5-9(10)13(19)20)17-12(18)8-3-4-16-6-11(8)15/h1-6H,(H,17,18)(H,19,20). The van der Waals surface area contributed by atoms with Crippen LogP contribution in [0, 0.1) is 0 Å². The van der Waals surface area contributed by atoms with E-state index in [-0.39, 0.29) is 16.1 Å². The van der Waals surface area contributed by atoms with Crippen molar-refractivity contribution in [2.75, 3.05) is 5.32 Å². The first-order valence-electron chi connectivity index (χ1n) is 5.42. The highest BCUT2D eigenvalue weighted by Crippen LogP contribution is 2.22. The Bertz CT molecular complexity index is 691. The zero-order chi connectivity index (χ0) is 14.7. The lowest BCUT2D eigenvalue weighted by atomic mass is 10.2. The molecule has 5 nitrogen and oxygen atoms in total. The van der Waals surface area contributed by atoms with E-state index >= 15 is 0 Å². The Hall–Kier alpha value is -1.92. The highest BCUT2D eigenvalue weighted by molar-refractivity contribution is 9.10. The minimum absolute atomic E-state index is 0.0589. The Kier molecular flexibility index (Phi) is 4.36. The highest BCUT2D eigenvalue weighted by atomic mass is 79.9. The molecule has 0 spiro atoms. The number of carboxylic acids is 1. The molecule has 2 N–H and O–H groups in total. The monoisotopic (exact) mass is 354 g/mol. The van der Waals surface area contributed by atoms with Crippen molar-refractivity contribution in [3.05, 3.63) is 57.3 Å². The Morgan fingerprint density at radius 2 is 2.00 bits per heavy atom. The fraction of sp³-hybridized carbons (Fsp3) is 0. The van der Waals surface area contributed by atoms with E-state index in [9.17, 15) is 9.59 Å². The van der Waals surface area contributed by atoms with Gasteiger partial charge in [0, 0.05) is 22.6 Å². The average Bonchev–Trinajstić information content (AvgIpc) is 2.41. The van der Waals surface area contributed by atoms with E-state index in [0.717, 1.165) is 0 Å². The molecule has 1 heterocycles. The number of hydrogen-bond donors (Lipinski definition) is 2. The molecule has 0 aliphatic heterocycles. The number of nitrogens with zero attached hydrogens (tertiary/aromatic N) is 1. The largest absolute Gasteiger partial charge is 0.478 e. The summed E-state index contributed by atoms with van der Waals surface area (Å²) in [6.07, 6.45) is 2.81. The minimum Gasteiger partial charge on any atom is -0.478 e. The smallest absolute Gasteiger partial charge is 0.336 e. The maximum absolute atomic E-state index is 12.0. The summed E-state index contributed by atoms with van der Waals surface area (Å²) in [6, 6.07) is 5.98. The van der Waals surface area contributed by atoms with Crippen LogP contribution < -0.4 is 5.32 Å². The lowest BCUT2D eigenvalue weighted by molar-refractivity contribution is 0.0695. The molecule has 0 unspecified atom stereocenters. The van der Waals surface area contributed by atoms with Crippen molar-refractivity contribution in [3.8, 4) is 0 Å². The number of carbonyl (C=O) groups is 2. The first-order chi connectivity index (χ1) is 9.49. The Morgan fingerprint density at radius 1 is 1.25 bits per heavy atom. The topological polar surface area (TPSA) is 79.3 Å². The second-order valence-corrected chi connectivity index (χ2v) is 5.07. The fourth-order valence-electron chi connectivity index (χ4n) is 1.52. The van der Waals surface area contributed by atoms with Gasteiger partial charge in [-0.3, -0.25) is 9.78 Å². The van der Waals surface area contributed by atoms with Gasteiger partial charge in [0.1, 0.15) is 0 Å². The Morgan fingerprint density at radius 3 is 2.65 bits per heavy atom. The summed E-state index contributed by atoms with van der Waals surface area (Å²) in [5.41, 5.74) is 0.688. The number of carbonyl (C=O) groups excluding carboxylic acids is 1. The molecular weight excluding hydrogens is 348 g/mol. The third-order valence-corrected chi connectivity index (χ3v) is 3.46. The van der Waals surface area contributed by atoms with Crippen molar-refractivity contribution >= 4 is 45.1 Å². The molecule has 1 aromatic heterocycles. The zero-order valence-corrected chi connectivity index (χ0v) is 12.3. The number of hydrogen-bond acceptors (Lipinski definition) is 3. The van der Waals surface area contributed by atoms with Crippen LogP contribution in [0.2, 0.25) is 5.02 Å². The highest BCUT2D eigenvalue weighted by Gasteiger charge is 2.13. The van der Waals surface area contributed by atoms with Gasteiger partial charge in [0.2, 0.25) is 0 Å². The molecule has 2 rings (SSSR count). The minimum atomic E-state index is -1.09. The van der Waals surface area contributed by atoms with E-state index in [1.807, 2.05) is 0 Å². The molecule has 0 atom stereocenters. The van der Waals surface area contributed by atoms with Crippen molar-refractivity contribution in [2.24, 2.45) is 0 Å². The average molecular weight is 356 g/mol. The molecule has 0 aliphatic carbocycles. The van der Waals surface area contributed by atoms with Crippen LogP contribution in [0.25, 0.3) is 0 Å². The lowest BCUT2D eigenvalue weighted by Crippen LogP contribution is -2.13. The van der Waals surface area contributed by atoms with Crippen LogP contribution in [-0.4, -0.2) is 22.0 Å². The van der Waals surface area contributed by atoms with Crippen molar-refractivity contribution in [1.29, 1.82) is 0 Å². The first kappa shape index (κ1) is 14.5. The second kappa shape index (κ2) is 6.02. The van der Waals surface area contributed by atoms with Gasteiger partial charge in [0.25, 0.3) is 5.91 Å². The van der Waals surface area contributed by atoms with Crippen LogP contribution in [-0.2, 0) is 0 Å². The van der Waals surface area contributed by atoms with Gasteiger partial charge in [-0.15, -0.1) is 0 Å². The van der Waals surface area contributed by atoms with Crippen molar-refractivity contribution < 1.29 is 14.7 Å². The van der Waals surface area contributed by atoms with Crippen LogP contribution >= 0.6 is 27.5 Å². The number of anilines is 1. The number of benzene rings is 1. The maximum Gasteiger partial charge on any atom is 0.336 e. The number of carboxylic acid groups (broad SMARTS) is 1. The molecule has 102 valence electrons. The quantitative estimate of drug-likeness (QED) is 0.884. The van der Waals surface area contributed by atoms with E-state index in [1.54, 1.807) is 12.1 Å². The Labute approximate surface area is 127 Å². The van der Waals surface area contributed by atoms with Crippen LogP contribution in [0.5, 0.6) is 0 Å². The summed E-state index contributed by atoms with van der Waals surface area (Å²) in [6.45, 7) is 0. The third-order valence-electron chi connectivity index (χ3n) is 2.47. The van der Waals surface area contributed by atoms with Gasteiger partial charge in [-0.2, -0.15) is 0 Å². The third kappa shape index (κ3) is 3.15. The molecule has 1 aromatic carbocycles. The van der Waals surface area contributed by atoms with Crippen molar-refractivity contribution in [1.82, 2.24) is 4.98 Å². The molecule has 1 amide bonds. The Balaban J connectivity index is 2.27. The number of rotatable bonds is 3. The van der Waals surface area contributed by atoms with Gasteiger partial charge in [0.15, 0.2) is 0 Å². The molecule has 0 saturated heterocycles. The molecule has 0 bridgehead atoms. The van der Waals surface area contributed by atoms with Gasteiger partial charge in [-0.05, 0) is 40.2 Å². The van der Waals surface area contributed by atoms with E-state index in [2.05, 4.69) is 26.2 Å². The van der Waals surface area contributed by atoms with Crippen LogP contribution in [0.4, 0.5) is 5.69 Å². The summed E-state index contributed by atoms with van der Waals surface area (Å²) in [7, 11) is 0. The summed E-state index contributed by atoms with van der Waals surface area (Å²) in [5, 5.41) is 11.8. The summed E-state index contributed by atoms with van der Waals surface area (Å²) in [5.74, 6) is -1.52. The maximum atomic E-state index is 12.0. The predicted molar refractivity (Wildman–Crippen MR) is 78.3 cm³/mol. The molecule has 0 fully saturated rings. The molecule has 2 aromatic rings. The van der Waals surface area contributed by atoms with Crippen molar-refractivity contribution in [3.63, 3.8) is 0 Å². The molecule has 0 aliphatic rings. The van der Waals surface area contributed by atoms with Gasteiger partial charge < -0.3 is 10.4 Å². The molecule has 0 radical (unpaired) electrons. The number of nitrogens with one attached hydrogen (secondary N) is 1. The fourth-order valence-corrected chi connectivity index (χ4v) is 2.15. The molecule has 20 heavy (non-hydrogen) atoms. The normalized spacial score (nSPS) is 10.1. The van der Waals surface area contributed by atoms with E-state index in [4.69, 9.17) is 16.7 Å². The van der Waals surface area contributed by atoms with E-state index in [1.165, 1.54) is 24.5 Å². The van der Waals surface area contributed by atoms with E-state index < -0.39 is 11.9 Å². The van der Waals surface area contributed by atoms with Gasteiger partial charge in [0.05, 0.1) is 16.1 Å². The number of aromatic carboxylic acids is 1. The SMILES string of the molecule is O=C(Nc1ccc(Br)c(C(=O)O)c1)c1ccncc1Cl. The molecule has 0 saturated carbocycles. The van der Waals surface area contributed by atoms with Crippen molar-refractivity contribution in [2.45, 2.75) is 0 Å². The summed E-state index contributed by atoms with van der Waals surface area (Å²) >= 11 is 9.00. The summed E-state index contributed by atoms with van der Waals surface area (Å²) < 4.78 is 0.435. The number of pyridine rings is 1. The van der Waals surface area contributed by atoms with Gasteiger partial charge in [-0.1, -0.05) is 11.6 Å². The van der Waals surface area contributed by atoms with Gasteiger partial charge >= 0.3 is 5.97 Å². The molecule has 7 heteroatoms. The van der Waals surface area contributed by atoms with Crippen LogP contribution in [0.15, 0.2) is 41.1 Å². The zero-order valence-electron chi connectivity index (χ0n) is 9.93. The number of aromatic nitrogens is 1. The number of halogens is 2. The summed E-state index contributed by atoms with van der Waals surface area (Å²) in [4.78, 5) is 26.8. The van der Waals surface area contributed by atoms with Crippen LogP contribution in [0.3, 0.4) is 0 Å². The van der Waals surface area contributed by atoms with Gasteiger partial charge in [-0.25, -0.2) is 4.79 Å². The number of amides is 1. The first-order valence-corrected chi connectivity index (χ1v) is 6.60. The predicted octanol–water partition coefficient (Wildman–Crippen LogP) is 3.45. The lowest BCUT2D eigenvalue weighted by Gasteiger charge is -2.08. The second-order valence-electron chi connectivity index (χ2n) is 3.81. The van der Waals surface area contributed by atoms with Crippen LogP contribution in [0.1, 0.15) is 20.7 Å². The van der Waals surface area contributed by atoms with E-state index in [0.29, 0.717) is 10.2 Å². The molecular formula is C13H8BrClN2O3.